The third-order valence-electron chi connectivity index (χ3n) is 5.79. The van der Waals surface area contributed by atoms with Crippen LogP contribution in [0.25, 0.3) is 0 Å². The number of amides is 1. The van der Waals surface area contributed by atoms with E-state index in [2.05, 4.69) is 4.90 Å². The minimum atomic E-state index is -4.42. The Kier molecular flexibility index (Phi) is 6.31. The van der Waals surface area contributed by atoms with Crippen molar-refractivity contribution in [1.29, 1.82) is 0 Å². The van der Waals surface area contributed by atoms with Crippen LogP contribution in [-0.2, 0) is 21.3 Å². The topological polar surface area (TPSA) is 53.0 Å². The molecule has 1 aromatic carbocycles. The van der Waals surface area contributed by atoms with Crippen molar-refractivity contribution in [2.75, 3.05) is 46.4 Å². The quantitative estimate of drug-likeness (QED) is 0.797. The number of hydrogen-bond acceptors (Lipinski definition) is 4. The van der Waals surface area contributed by atoms with E-state index in [0.29, 0.717) is 57.6 Å². The highest BCUT2D eigenvalue weighted by Gasteiger charge is 2.38. The van der Waals surface area contributed by atoms with E-state index >= 15 is 0 Å². The van der Waals surface area contributed by atoms with Crippen molar-refractivity contribution in [2.24, 2.45) is 5.92 Å². The van der Waals surface area contributed by atoms with Gasteiger partial charge in [0.2, 0.25) is 5.91 Å². The molecular weight excluding hydrogens is 373 g/mol. The lowest BCUT2D eigenvalue weighted by molar-refractivity contribution is -0.137. The summed E-state index contributed by atoms with van der Waals surface area (Å²) in [4.78, 5) is 16.1. The Morgan fingerprint density at radius 1 is 1.29 bits per heavy atom. The molecule has 2 saturated heterocycles. The van der Waals surface area contributed by atoms with E-state index in [1.54, 1.807) is 13.2 Å². The number of halogens is 3. The largest absolute Gasteiger partial charge is 0.416 e. The molecule has 0 bridgehead atoms. The van der Waals surface area contributed by atoms with Crippen molar-refractivity contribution in [3.05, 3.63) is 35.4 Å². The maximum atomic E-state index is 13.0. The summed E-state index contributed by atoms with van der Waals surface area (Å²) in [6, 6.07) is 4.99. The first-order valence-electron chi connectivity index (χ1n) is 9.60. The zero-order valence-corrected chi connectivity index (χ0v) is 16.0. The third-order valence-corrected chi connectivity index (χ3v) is 5.79. The first kappa shape index (κ1) is 21.1. The number of hydrogen-bond donors (Lipinski definition) is 1. The summed E-state index contributed by atoms with van der Waals surface area (Å²) in [5, 5.41) is 10.9. The lowest BCUT2D eigenvalue weighted by atomic mass is 9.83. The molecule has 1 unspecified atom stereocenters. The molecule has 156 valence electrons. The predicted molar refractivity (Wildman–Crippen MR) is 97.6 cm³/mol. The van der Waals surface area contributed by atoms with Crippen LogP contribution in [0.4, 0.5) is 13.2 Å². The first-order chi connectivity index (χ1) is 13.2. The second-order valence-electron chi connectivity index (χ2n) is 7.81. The Hall–Kier alpha value is -1.64. The van der Waals surface area contributed by atoms with Crippen molar-refractivity contribution >= 4 is 5.91 Å². The second kappa shape index (κ2) is 8.39. The summed E-state index contributed by atoms with van der Waals surface area (Å²) in [5.74, 6) is 0.378. The molecule has 2 heterocycles. The molecule has 1 N–H and O–H groups in total. The van der Waals surface area contributed by atoms with Gasteiger partial charge in [-0.2, -0.15) is 13.2 Å². The number of likely N-dealkylation sites (tertiary alicyclic amines) is 2. The Morgan fingerprint density at radius 3 is 2.64 bits per heavy atom. The first-order valence-corrected chi connectivity index (χ1v) is 9.60. The lowest BCUT2D eigenvalue weighted by Gasteiger charge is -2.39. The monoisotopic (exact) mass is 400 g/mol. The van der Waals surface area contributed by atoms with Gasteiger partial charge in [0.15, 0.2) is 0 Å². The predicted octanol–water partition coefficient (Wildman–Crippen LogP) is 2.48. The van der Waals surface area contributed by atoms with Crippen LogP contribution < -0.4 is 0 Å². The molecule has 0 radical (unpaired) electrons. The van der Waals surface area contributed by atoms with Crippen LogP contribution in [-0.4, -0.2) is 67.3 Å². The molecule has 28 heavy (non-hydrogen) atoms. The van der Waals surface area contributed by atoms with E-state index < -0.39 is 17.3 Å². The number of carbonyl (C=O) groups excluding carboxylic acids is 1. The van der Waals surface area contributed by atoms with Crippen LogP contribution in [0.2, 0.25) is 0 Å². The van der Waals surface area contributed by atoms with Crippen LogP contribution in [0.1, 0.15) is 30.4 Å². The molecule has 1 aromatic rings. The van der Waals surface area contributed by atoms with E-state index in [9.17, 15) is 23.1 Å². The van der Waals surface area contributed by atoms with Crippen molar-refractivity contribution < 1.29 is 27.8 Å². The summed E-state index contributed by atoms with van der Waals surface area (Å²) >= 11 is 0. The maximum absolute atomic E-state index is 13.0. The number of nitrogens with zero attached hydrogens (tertiary/aromatic N) is 2. The Morgan fingerprint density at radius 2 is 2.00 bits per heavy atom. The van der Waals surface area contributed by atoms with Gasteiger partial charge in [-0.3, -0.25) is 4.79 Å². The summed E-state index contributed by atoms with van der Waals surface area (Å²) in [6.07, 6.45) is -3.15. The molecule has 2 aliphatic rings. The number of methoxy groups -OCH3 is 1. The van der Waals surface area contributed by atoms with Crippen LogP contribution in [0.15, 0.2) is 24.3 Å². The minimum absolute atomic E-state index is 0.138. The number of rotatable bonds is 6. The molecule has 0 spiro atoms. The van der Waals surface area contributed by atoms with Gasteiger partial charge in [0.1, 0.15) is 0 Å². The molecule has 1 atom stereocenters. The van der Waals surface area contributed by atoms with Crippen LogP contribution in [0.5, 0.6) is 0 Å². The fraction of sp³-hybridized carbons (Fsp3) is 0.650. The maximum Gasteiger partial charge on any atom is 0.416 e. The summed E-state index contributed by atoms with van der Waals surface area (Å²) in [5.41, 5.74) is -1.65. The minimum Gasteiger partial charge on any atom is -0.385 e. The van der Waals surface area contributed by atoms with E-state index in [1.165, 1.54) is 6.07 Å². The second-order valence-corrected chi connectivity index (χ2v) is 7.81. The normalized spacial score (nSPS) is 23.4. The van der Waals surface area contributed by atoms with Crippen LogP contribution in [0, 0.1) is 5.92 Å². The summed E-state index contributed by atoms with van der Waals surface area (Å²) < 4.78 is 43.9. The van der Waals surface area contributed by atoms with E-state index in [1.807, 2.05) is 4.90 Å². The zero-order valence-electron chi connectivity index (χ0n) is 16.0. The van der Waals surface area contributed by atoms with Crippen molar-refractivity contribution in [3.63, 3.8) is 0 Å². The molecule has 1 amide bonds. The highest BCUT2D eigenvalue weighted by Crippen LogP contribution is 2.37. The standard InChI is InChI=1S/C20H27F3N2O3/c1-28-10-9-25-14-15(11-18(25)26)13-24-7-5-19(27,6-8-24)16-3-2-4-17(12-16)20(21,22)23/h2-4,12,15,27H,5-11,13-14H2,1H3. The van der Waals surface area contributed by atoms with E-state index in [0.717, 1.165) is 18.7 Å². The van der Waals surface area contributed by atoms with Crippen molar-refractivity contribution in [1.82, 2.24) is 9.80 Å². The van der Waals surface area contributed by atoms with Crippen LogP contribution >= 0.6 is 0 Å². The zero-order chi connectivity index (χ0) is 20.4. The Labute approximate surface area is 163 Å². The summed E-state index contributed by atoms with van der Waals surface area (Å²) in [6.45, 7) is 3.77. The van der Waals surface area contributed by atoms with Crippen molar-refractivity contribution in [2.45, 2.75) is 31.0 Å². The van der Waals surface area contributed by atoms with Gasteiger partial charge in [-0.1, -0.05) is 12.1 Å². The highest BCUT2D eigenvalue weighted by atomic mass is 19.4. The third kappa shape index (κ3) is 4.85. The number of piperidine rings is 1. The fourth-order valence-corrected chi connectivity index (χ4v) is 4.14. The van der Waals surface area contributed by atoms with Gasteiger partial charge in [-0.05, 0) is 36.5 Å². The SMILES string of the molecule is COCCN1CC(CN2CCC(O)(c3cccc(C(F)(F)F)c3)CC2)CC1=O. The summed E-state index contributed by atoms with van der Waals surface area (Å²) in [7, 11) is 1.61. The highest BCUT2D eigenvalue weighted by molar-refractivity contribution is 5.78. The molecule has 0 aliphatic carbocycles. The van der Waals surface area contributed by atoms with Crippen LogP contribution in [0.3, 0.4) is 0 Å². The Balaban J connectivity index is 1.55. The number of carbonyl (C=O) groups is 1. The van der Waals surface area contributed by atoms with Gasteiger partial charge in [-0.25, -0.2) is 0 Å². The Bertz CT molecular complexity index is 688. The molecular formula is C20H27F3N2O3. The van der Waals surface area contributed by atoms with Gasteiger partial charge in [0.25, 0.3) is 0 Å². The molecule has 5 nitrogen and oxygen atoms in total. The van der Waals surface area contributed by atoms with E-state index in [4.69, 9.17) is 4.74 Å². The average Bonchev–Trinajstić information content (AvgIpc) is 3.00. The van der Waals surface area contributed by atoms with Gasteiger partial charge < -0.3 is 19.6 Å². The molecule has 2 fully saturated rings. The smallest absolute Gasteiger partial charge is 0.385 e. The number of alkyl halides is 3. The molecule has 8 heteroatoms. The average molecular weight is 400 g/mol. The molecule has 3 rings (SSSR count). The van der Waals surface area contributed by atoms with Crippen molar-refractivity contribution in [3.8, 4) is 0 Å². The van der Waals surface area contributed by atoms with E-state index in [-0.39, 0.29) is 11.8 Å². The molecule has 0 saturated carbocycles. The fourth-order valence-electron chi connectivity index (χ4n) is 4.14. The number of aliphatic hydroxyl groups is 1. The number of benzene rings is 1. The van der Waals surface area contributed by atoms with Gasteiger partial charge in [-0.15, -0.1) is 0 Å². The molecule has 2 aliphatic heterocycles. The van der Waals surface area contributed by atoms with Gasteiger partial charge in [0.05, 0.1) is 17.8 Å². The number of ether oxygens (including phenoxy) is 1. The van der Waals surface area contributed by atoms with Gasteiger partial charge in [0, 0.05) is 46.3 Å². The molecule has 0 aromatic heterocycles. The lowest BCUT2D eigenvalue weighted by Crippen LogP contribution is -2.44. The van der Waals surface area contributed by atoms with Gasteiger partial charge >= 0.3 is 6.18 Å².